The Balaban J connectivity index is 2.25. The van der Waals surface area contributed by atoms with Gasteiger partial charge in [0.1, 0.15) is 5.56 Å². The largest absolute Gasteiger partial charge is 0.335 e. The minimum Gasteiger partial charge on any atom is -0.335 e. The van der Waals surface area contributed by atoms with Gasteiger partial charge in [0.2, 0.25) is 0 Å². The van der Waals surface area contributed by atoms with E-state index in [1.165, 1.54) is 18.2 Å². The Morgan fingerprint density at radius 2 is 2.24 bits per heavy atom. The zero-order chi connectivity index (χ0) is 15.4. The molecule has 1 aromatic carbocycles. The summed E-state index contributed by atoms with van der Waals surface area (Å²) in [6.07, 6.45) is 3.50. The summed E-state index contributed by atoms with van der Waals surface area (Å²) in [4.78, 5) is 24.9. The van der Waals surface area contributed by atoms with E-state index in [0.717, 1.165) is 25.7 Å². The van der Waals surface area contributed by atoms with Gasteiger partial charge in [-0.15, -0.1) is 11.6 Å². The summed E-state index contributed by atoms with van der Waals surface area (Å²) in [5, 5.41) is 11.4. The molecule has 0 aliphatic carbocycles. The molecule has 1 heterocycles. The third-order valence-corrected chi connectivity index (χ3v) is 4.20. The van der Waals surface area contributed by atoms with E-state index in [0.29, 0.717) is 12.4 Å². The maximum absolute atomic E-state index is 12.6. The maximum Gasteiger partial charge on any atom is 0.283 e. The van der Waals surface area contributed by atoms with Gasteiger partial charge < -0.3 is 4.90 Å². The Labute approximate surface area is 133 Å². The Morgan fingerprint density at radius 3 is 2.90 bits per heavy atom. The molecule has 1 atom stereocenters. The van der Waals surface area contributed by atoms with Crippen molar-refractivity contribution in [2.24, 2.45) is 0 Å². The molecule has 1 aliphatic heterocycles. The molecular weight excluding hydrogens is 315 g/mol. The predicted octanol–water partition coefficient (Wildman–Crippen LogP) is 3.87. The molecule has 0 aromatic heterocycles. The lowest BCUT2D eigenvalue weighted by Gasteiger charge is -2.24. The van der Waals surface area contributed by atoms with Crippen molar-refractivity contribution in [3.05, 3.63) is 38.9 Å². The smallest absolute Gasteiger partial charge is 0.283 e. The molecule has 0 N–H and O–H groups in total. The SMILES string of the molecule is O=C(c1ccc(Cl)cc1[N+](=O)[O-])N1CCCC1CCCCl. The fourth-order valence-electron chi connectivity index (χ4n) is 2.71. The van der Waals surface area contributed by atoms with Crippen molar-refractivity contribution >= 4 is 34.8 Å². The molecule has 1 fully saturated rings. The minimum absolute atomic E-state index is 0.0992. The second-order valence-electron chi connectivity index (χ2n) is 5.04. The van der Waals surface area contributed by atoms with Gasteiger partial charge in [-0.1, -0.05) is 11.6 Å². The Morgan fingerprint density at radius 1 is 1.48 bits per heavy atom. The van der Waals surface area contributed by atoms with Crippen LogP contribution in [-0.2, 0) is 0 Å². The molecule has 0 spiro atoms. The van der Waals surface area contributed by atoms with Gasteiger partial charge >= 0.3 is 0 Å². The first-order chi connectivity index (χ1) is 10.0. The molecule has 7 heteroatoms. The number of likely N-dealkylation sites (tertiary alicyclic amines) is 1. The quantitative estimate of drug-likeness (QED) is 0.467. The maximum atomic E-state index is 12.6. The lowest BCUT2D eigenvalue weighted by Crippen LogP contribution is -2.35. The summed E-state index contributed by atoms with van der Waals surface area (Å²) >= 11 is 11.5. The lowest BCUT2D eigenvalue weighted by atomic mass is 10.1. The average molecular weight is 331 g/mol. The van der Waals surface area contributed by atoms with Crippen molar-refractivity contribution in [3.8, 4) is 0 Å². The number of carbonyl (C=O) groups excluding carboxylic acids is 1. The third kappa shape index (κ3) is 3.66. The molecule has 0 bridgehead atoms. The number of hydrogen-bond donors (Lipinski definition) is 0. The van der Waals surface area contributed by atoms with Crippen LogP contribution in [0.2, 0.25) is 5.02 Å². The normalized spacial score (nSPS) is 18.0. The van der Waals surface area contributed by atoms with Crippen molar-refractivity contribution in [1.29, 1.82) is 0 Å². The van der Waals surface area contributed by atoms with Gasteiger partial charge in [-0.3, -0.25) is 14.9 Å². The molecular formula is C14H16Cl2N2O3. The van der Waals surface area contributed by atoms with Crippen LogP contribution in [0.1, 0.15) is 36.0 Å². The van der Waals surface area contributed by atoms with E-state index >= 15 is 0 Å². The summed E-state index contributed by atoms with van der Waals surface area (Å²) in [6.45, 7) is 0.631. The predicted molar refractivity (Wildman–Crippen MR) is 82.1 cm³/mol. The first-order valence-electron chi connectivity index (χ1n) is 6.85. The van der Waals surface area contributed by atoms with Crippen molar-refractivity contribution in [1.82, 2.24) is 4.90 Å². The van der Waals surface area contributed by atoms with Crippen molar-refractivity contribution < 1.29 is 9.72 Å². The summed E-state index contributed by atoms with van der Waals surface area (Å²) in [7, 11) is 0. The van der Waals surface area contributed by atoms with Gasteiger partial charge in [0.05, 0.1) is 4.92 Å². The fourth-order valence-corrected chi connectivity index (χ4v) is 3.03. The first kappa shape index (κ1) is 16.0. The summed E-state index contributed by atoms with van der Waals surface area (Å²) < 4.78 is 0. The minimum atomic E-state index is -0.567. The van der Waals surface area contributed by atoms with E-state index in [2.05, 4.69) is 0 Å². The van der Waals surface area contributed by atoms with Crippen LogP contribution < -0.4 is 0 Å². The van der Waals surface area contributed by atoms with Crippen LogP contribution in [0.15, 0.2) is 18.2 Å². The highest BCUT2D eigenvalue weighted by Crippen LogP contribution is 2.29. The molecule has 114 valence electrons. The van der Waals surface area contributed by atoms with E-state index in [4.69, 9.17) is 23.2 Å². The number of alkyl halides is 1. The van der Waals surface area contributed by atoms with E-state index in [9.17, 15) is 14.9 Å². The highest BCUT2D eigenvalue weighted by molar-refractivity contribution is 6.31. The molecule has 1 unspecified atom stereocenters. The molecule has 21 heavy (non-hydrogen) atoms. The number of carbonyl (C=O) groups is 1. The third-order valence-electron chi connectivity index (χ3n) is 3.70. The van der Waals surface area contributed by atoms with Crippen LogP contribution in [0.3, 0.4) is 0 Å². The number of nitrogens with zero attached hydrogens (tertiary/aromatic N) is 2. The Hall–Kier alpha value is -1.33. The molecule has 1 amide bonds. The van der Waals surface area contributed by atoms with Crippen LogP contribution >= 0.6 is 23.2 Å². The van der Waals surface area contributed by atoms with Gasteiger partial charge in [-0.25, -0.2) is 0 Å². The Bertz CT molecular complexity index is 551. The standard InChI is InChI=1S/C14H16Cl2N2O3/c15-7-1-3-11-4-2-8-17(11)14(19)12-6-5-10(16)9-13(12)18(20)21/h5-6,9,11H,1-4,7-8H2. The summed E-state index contributed by atoms with van der Waals surface area (Å²) in [5.74, 6) is 0.259. The van der Waals surface area contributed by atoms with Crippen LogP contribution in [-0.4, -0.2) is 34.2 Å². The second-order valence-corrected chi connectivity index (χ2v) is 5.86. The van der Waals surface area contributed by atoms with Crippen LogP contribution in [0.5, 0.6) is 0 Å². The lowest BCUT2D eigenvalue weighted by molar-refractivity contribution is -0.385. The van der Waals surface area contributed by atoms with Crippen molar-refractivity contribution in [3.63, 3.8) is 0 Å². The van der Waals surface area contributed by atoms with E-state index in [1.807, 2.05) is 0 Å². The molecule has 1 saturated heterocycles. The highest BCUT2D eigenvalue weighted by atomic mass is 35.5. The van der Waals surface area contributed by atoms with Gasteiger partial charge in [-0.05, 0) is 37.8 Å². The van der Waals surface area contributed by atoms with Gasteiger partial charge in [0, 0.05) is 29.6 Å². The summed E-state index contributed by atoms with van der Waals surface area (Å²) in [6, 6.07) is 4.27. The molecule has 0 saturated carbocycles. The summed E-state index contributed by atoms with van der Waals surface area (Å²) in [5.41, 5.74) is -0.141. The zero-order valence-electron chi connectivity index (χ0n) is 11.4. The first-order valence-corrected chi connectivity index (χ1v) is 7.76. The van der Waals surface area contributed by atoms with Gasteiger partial charge in [-0.2, -0.15) is 0 Å². The average Bonchev–Trinajstić information content (AvgIpc) is 2.92. The van der Waals surface area contributed by atoms with E-state index in [1.54, 1.807) is 4.90 Å². The number of nitro groups is 1. The van der Waals surface area contributed by atoms with Gasteiger partial charge in [0.25, 0.3) is 11.6 Å². The Kier molecular flexibility index (Phi) is 5.42. The molecule has 1 aromatic rings. The molecule has 2 rings (SSSR count). The van der Waals surface area contributed by atoms with Crippen molar-refractivity contribution in [2.45, 2.75) is 31.7 Å². The van der Waals surface area contributed by atoms with Crippen LogP contribution in [0, 0.1) is 10.1 Å². The number of halogens is 2. The van der Waals surface area contributed by atoms with Gasteiger partial charge in [0.15, 0.2) is 0 Å². The topological polar surface area (TPSA) is 63.4 Å². The van der Waals surface area contributed by atoms with E-state index in [-0.39, 0.29) is 28.2 Å². The fraction of sp³-hybridized carbons (Fsp3) is 0.500. The second kappa shape index (κ2) is 7.09. The number of amides is 1. The number of rotatable bonds is 5. The zero-order valence-corrected chi connectivity index (χ0v) is 12.9. The molecule has 1 aliphatic rings. The monoisotopic (exact) mass is 330 g/mol. The number of benzene rings is 1. The molecule has 0 radical (unpaired) electrons. The number of hydrogen-bond acceptors (Lipinski definition) is 3. The van der Waals surface area contributed by atoms with Crippen LogP contribution in [0.4, 0.5) is 5.69 Å². The van der Waals surface area contributed by atoms with Crippen molar-refractivity contribution in [2.75, 3.05) is 12.4 Å². The van der Waals surface area contributed by atoms with Crippen LogP contribution in [0.25, 0.3) is 0 Å². The number of nitro benzene ring substituents is 1. The molecule has 5 nitrogen and oxygen atoms in total. The highest BCUT2D eigenvalue weighted by Gasteiger charge is 2.32. The van der Waals surface area contributed by atoms with E-state index < -0.39 is 4.92 Å².